The lowest BCUT2D eigenvalue weighted by atomic mass is 9.73. The summed E-state index contributed by atoms with van der Waals surface area (Å²) in [6, 6.07) is 6.54. The van der Waals surface area contributed by atoms with Crippen molar-refractivity contribution in [1.29, 1.82) is 0 Å². The quantitative estimate of drug-likeness (QED) is 0.676. The highest BCUT2D eigenvalue weighted by Crippen LogP contribution is 2.33. The minimum absolute atomic E-state index is 0.111. The van der Waals surface area contributed by atoms with Crippen LogP contribution in [0.1, 0.15) is 45.0 Å². The zero-order valence-electron chi connectivity index (χ0n) is 13.1. The van der Waals surface area contributed by atoms with E-state index in [0.717, 1.165) is 0 Å². The second-order valence-corrected chi connectivity index (χ2v) is 6.34. The third-order valence-corrected chi connectivity index (χ3v) is 3.83. The molecule has 1 rings (SSSR count). The van der Waals surface area contributed by atoms with E-state index in [0.29, 0.717) is 11.0 Å². The van der Waals surface area contributed by atoms with Gasteiger partial charge in [-0.1, -0.05) is 32.9 Å². The van der Waals surface area contributed by atoms with Crippen LogP contribution in [0.5, 0.6) is 0 Å². The molecular formula is C15H23BO4. The van der Waals surface area contributed by atoms with Crippen molar-refractivity contribution in [2.24, 2.45) is 5.41 Å². The van der Waals surface area contributed by atoms with E-state index in [9.17, 15) is 9.82 Å². The Kier molecular flexibility index (Phi) is 5.00. The van der Waals surface area contributed by atoms with Gasteiger partial charge in [0.25, 0.3) is 0 Å². The summed E-state index contributed by atoms with van der Waals surface area (Å²) < 4.78 is 10.4. The average molecular weight is 278 g/mol. The fraction of sp³-hybridized carbons (Fsp3) is 0.533. The van der Waals surface area contributed by atoms with E-state index < -0.39 is 18.7 Å². The van der Waals surface area contributed by atoms with Crippen LogP contribution in [-0.2, 0) is 9.39 Å². The minimum atomic E-state index is -1.03. The second-order valence-electron chi connectivity index (χ2n) is 6.34. The van der Waals surface area contributed by atoms with E-state index in [1.54, 1.807) is 24.3 Å². The molecule has 0 heterocycles. The molecule has 0 aliphatic rings. The Morgan fingerprint density at radius 2 is 1.60 bits per heavy atom. The van der Waals surface area contributed by atoms with Gasteiger partial charge >= 0.3 is 13.1 Å². The van der Waals surface area contributed by atoms with E-state index in [1.165, 1.54) is 7.11 Å². The number of benzene rings is 1. The lowest BCUT2D eigenvalue weighted by Gasteiger charge is -2.40. The number of carbonyl (C=O) groups excluding carboxylic acids is 1. The molecule has 0 amide bonds. The minimum Gasteiger partial charge on any atom is -0.465 e. The Morgan fingerprint density at radius 1 is 1.10 bits per heavy atom. The summed E-state index contributed by atoms with van der Waals surface area (Å²) in [5.74, 6) is -0.401. The number of carbonyl (C=O) groups is 1. The SMILES string of the molecule is COC(=O)c1ccc(B(O)OC(C)(C)C(C)(C)C)cc1. The van der Waals surface area contributed by atoms with Gasteiger partial charge in [0.2, 0.25) is 0 Å². The predicted molar refractivity (Wildman–Crippen MR) is 80.0 cm³/mol. The summed E-state index contributed by atoms with van der Waals surface area (Å²) in [6.45, 7) is 10.1. The van der Waals surface area contributed by atoms with Gasteiger partial charge in [-0.3, -0.25) is 0 Å². The number of esters is 1. The van der Waals surface area contributed by atoms with Crippen molar-refractivity contribution in [3.63, 3.8) is 0 Å². The molecule has 0 unspecified atom stereocenters. The molecule has 0 bridgehead atoms. The van der Waals surface area contributed by atoms with Crippen LogP contribution in [0, 0.1) is 5.41 Å². The molecule has 0 atom stereocenters. The molecule has 1 aromatic carbocycles. The van der Waals surface area contributed by atoms with E-state index in [4.69, 9.17) is 4.65 Å². The van der Waals surface area contributed by atoms with Crippen LogP contribution in [0.4, 0.5) is 0 Å². The van der Waals surface area contributed by atoms with Crippen molar-refractivity contribution < 1.29 is 19.2 Å². The van der Waals surface area contributed by atoms with Gasteiger partial charge in [-0.05, 0) is 36.9 Å². The highest BCUT2D eigenvalue weighted by molar-refractivity contribution is 6.60. The molecule has 0 aliphatic carbocycles. The third kappa shape index (κ3) is 3.84. The van der Waals surface area contributed by atoms with Gasteiger partial charge in [-0.15, -0.1) is 0 Å². The molecule has 1 aromatic rings. The maximum atomic E-state index is 11.3. The molecule has 20 heavy (non-hydrogen) atoms. The first kappa shape index (κ1) is 16.7. The molecule has 0 radical (unpaired) electrons. The second kappa shape index (κ2) is 5.98. The average Bonchev–Trinajstić information content (AvgIpc) is 2.36. The molecule has 0 fully saturated rings. The Bertz CT molecular complexity index is 460. The van der Waals surface area contributed by atoms with Crippen molar-refractivity contribution in [1.82, 2.24) is 0 Å². The standard InChI is InChI=1S/C15H23BO4/c1-14(2,3)15(4,5)20-16(18)12-9-7-11(8-10-12)13(17)19-6/h7-10,18H,1-6H3. The molecule has 110 valence electrons. The van der Waals surface area contributed by atoms with Crippen molar-refractivity contribution in [2.45, 2.75) is 40.2 Å². The monoisotopic (exact) mass is 278 g/mol. The van der Waals surface area contributed by atoms with Gasteiger partial charge < -0.3 is 14.4 Å². The van der Waals surface area contributed by atoms with Gasteiger partial charge in [0.1, 0.15) is 0 Å². The first-order valence-corrected chi connectivity index (χ1v) is 6.62. The van der Waals surface area contributed by atoms with Gasteiger partial charge in [0.05, 0.1) is 18.3 Å². The topological polar surface area (TPSA) is 55.8 Å². The molecule has 0 saturated heterocycles. The largest absolute Gasteiger partial charge is 0.491 e. The van der Waals surface area contributed by atoms with Gasteiger partial charge in [-0.2, -0.15) is 0 Å². The molecule has 0 aromatic heterocycles. The number of ether oxygens (including phenoxy) is 1. The summed E-state index contributed by atoms with van der Waals surface area (Å²) in [7, 11) is 0.302. The smallest absolute Gasteiger partial charge is 0.465 e. The van der Waals surface area contributed by atoms with E-state index in [2.05, 4.69) is 25.5 Å². The summed E-state index contributed by atoms with van der Waals surface area (Å²) in [6.07, 6.45) is 0. The molecule has 5 heteroatoms. The van der Waals surface area contributed by atoms with Gasteiger partial charge in [-0.25, -0.2) is 4.79 Å². The number of rotatable bonds is 4. The zero-order valence-corrected chi connectivity index (χ0v) is 13.1. The Morgan fingerprint density at radius 3 is 2.00 bits per heavy atom. The van der Waals surface area contributed by atoms with Gasteiger partial charge in [0, 0.05) is 0 Å². The normalized spacial score (nSPS) is 12.2. The molecule has 0 spiro atoms. The lowest BCUT2D eigenvalue weighted by Crippen LogP contribution is -2.48. The van der Waals surface area contributed by atoms with E-state index in [-0.39, 0.29) is 5.41 Å². The van der Waals surface area contributed by atoms with Crippen LogP contribution >= 0.6 is 0 Å². The van der Waals surface area contributed by atoms with Crippen LogP contribution in [0.2, 0.25) is 0 Å². The predicted octanol–water partition coefficient (Wildman–Crippen LogP) is 2.00. The maximum Gasteiger partial charge on any atom is 0.491 e. The Hall–Kier alpha value is -1.33. The summed E-state index contributed by atoms with van der Waals surface area (Å²) in [5.41, 5.74) is 0.446. The van der Waals surface area contributed by atoms with Crippen LogP contribution in [0.15, 0.2) is 24.3 Å². The molecule has 0 aliphatic heterocycles. The summed E-state index contributed by atoms with van der Waals surface area (Å²) in [5, 5.41) is 10.2. The van der Waals surface area contributed by atoms with E-state index in [1.807, 2.05) is 13.8 Å². The molecular weight excluding hydrogens is 255 g/mol. The van der Waals surface area contributed by atoms with Gasteiger partial charge in [0.15, 0.2) is 0 Å². The number of methoxy groups -OCH3 is 1. The van der Waals surface area contributed by atoms with Crippen LogP contribution in [-0.4, -0.2) is 30.8 Å². The zero-order chi connectivity index (χ0) is 15.6. The number of hydrogen-bond donors (Lipinski definition) is 1. The lowest BCUT2D eigenvalue weighted by molar-refractivity contribution is -0.0129. The first-order chi connectivity index (χ1) is 9.08. The van der Waals surface area contributed by atoms with Crippen molar-refractivity contribution in [3.05, 3.63) is 29.8 Å². The third-order valence-electron chi connectivity index (χ3n) is 3.83. The Balaban J connectivity index is 2.83. The molecule has 4 nitrogen and oxygen atoms in total. The fourth-order valence-electron chi connectivity index (χ4n) is 1.43. The van der Waals surface area contributed by atoms with Crippen LogP contribution in [0.3, 0.4) is 0 Å². The highest BCUT2D eigenvalue weighted by Gasteiger charge is 2.37. The first-order valence-electron chi connectivity index (χ1n) is 6.62. The Labute approximate surface area is 121 Å². The van der Waals surface area contributed by atoms with E-state index >= 15 is 0 Å². The number of hydrogen-bond acceptors (Lipinski definition) is 4. The van der Waals surface area contributed by atoms with Crippen LogP contribution in [0.25, 0.3) is 0 Å². The molecule has 1 N–H and O–H groups in total. The van der Waals surface area contributed by atoms with Crippen molar-refractivity contribution in [3.8, 4) is 0 Å². The fourth-order valence-corrected chi connectivity index (χ4v) is 1.43. The maximum absolute atomic E-state index is 11.3. The van der Waals surface area contributed by atoms with Crippen molar-refractivity contribution in [2.75, 3.05) is 7.11 Å². The summed E-state index contributed by atoms with van der Waals surface area (Å²) in [4.78, 5) is 11.3. The summed E-state index contributed by atoms with van der Waals surface area (Å²) >= 11 is 0. The molecule has 0 saturated carbocycles. The highest BCUT2D eigenvalue weighted by atomic mass is 16.5. The van der Waals surface area contributed by atoms with Crippen LogP contribution < -0.4 is 5.46 Å². The van der Waals surface area contributed by atoms with Crippen molar-refractivity contribution >= 4 is 18.6 Å².